The molecule has 0 bridgehead atoms. The van der Waals surface area contributed by atoms with Crippen LogP contribution in [0.4, 0.5) is 22.0 Å². The molecule has 3 aromatic rings. The third-order valence-corrected chi connectivity index (χ3v) is 7.80. The molecule has 0 aromatic carbocycles. The summed E-state index contributed by atoms with van der Waals surface area (Å²) in [4.78, 5) is 31.5. The van der Waals surface area contributed by atoms with E-state index in [1.54, 1.807) is 12.3 Å². The minimum atomic E-state index is -4.43. The Hall–Kier alpha value is -3.65. The Balaban J connectivity index is 1.38. The number of imidazole rings is 1. The molecule has 0 saturated heterocycles. The van der Waals surface area contributed by atoms with Gasteiger partial charge in [-0.2, -0.15) is 28.2 Å². The summed E-state index contributed by atoms with van der Waals surface area (Å²) in [5.41, 5.74) is 1.54. The van der Waals surface area contributed by atoms with Crippen LogP contribution in [-0.4, -0.2) is 53.5 Å². The molecule has 2 N–H and O–H groups in total. The number of nitrogens with one attached hydrogen (secondary N) is 2. The van der Waals surface area contributed by atoms with Crippen molar-refractivity contribution in [2.45, 2.75) is 95.4 Å². The zero-order valence-electron chi connectivity index (χ0n) is 23.1. The predicted octanol–water partition coefficient (Wildman–Crippen LogP) is 4.94. The number of aromatic nitrogens is 6. The molecule has 10 nitrogen and oxygen atoms in total. The van der Waals surface area contributed by atoms with Crippen molar-refractivity contribution < 1.29 is 31.5 Å². The normalized spacial score (nSPS) is 19.0. The highest BCUT2D eigenvalue weighted by molar-refractivity contribution is 5.92. The number of rotatable bonds is 11. The number of halogens is 5. The van der Waals surface area contributed by atoms with Crippen LogP contribution in [0.15, 0.2) is 24.7 Å². The SMILES string of the molecule is CCCn1ncc(C(=O)N[C@H](c2cn3ncc(C(NC(=O)CCC(F)(F)F)C4CC4)cc3n2)C2CCC(F)(F)CC2)n1. The highest BCUT2D eigenvalue weighted by Crippen LogP contribution is 2.43. The molecule has 2 aliphatic rings. The Kier molecular flexibility index (Phi) is 8.46. The molecule has 2 saturated carbocycles. The molecule has 1 unspecified atom stereocenters. The Morgan fingerprint density at radius 3 is 2.43 bits per heavy atom. The van der Waals surface area contributed by atoms with E-state index in [0.717, 1.165) is 19.3 Å². The van der Waals surface area contributed by atoms with E-state index in [1.807, 2.05) is 6.92 Å². The fourth-order valence-corrected chi connectivity index (χ4v) is 5.39. The first-order valence-corrected chi connectivity index (χ1v) is 14.2. The van der Waals surface area contributed by atoms with Crippen molar-refractivity contribution >= 4 is 17.5 Å². The molecule has 2 fully saturated rings. The molecule has 15 heteroatoms. The molecule has 42 heavy (non-hydrogen) atoms. The fourth-order valence-electron chi connectivity index (χ4n) is 5.39. The molecule has 2 amide bonds. The van der Waals surface area contributed by atoms with Crippen LogP contribution in [0.1, 0.15) is 98.5 Å². The van der Waals surface area contributed by atoms with Crippen molar-refractivity contribution in [3.05, 3.63) is 41.6 Å². The number of amides is 2. The first kappa shape index (κ1) is 29.8. The van der Waals surface area contributed by atoms with Crippen LogP contribution in [-0.2, 0) is 11.3 Å². The van der Waals surface area contributed by atoms with E-state index in [2.05, 4.69) is 30.9 Å². The van der Waals surface area contributed by atoms with E-state index >= 15 is 0 Å². The summed E-state index contributed by atoms with van der Waals surface area (Å²) in [6.45, 7) is 2.50. The zero-order chi connectivity index (χ0) is 30.1. The molecule has 228 valence electrons. The van der Waals surface area contributed by atoms with Gasteiger partial charge in [0.15, 0.2) is 11.3 Å². The molecule has 5 rings (SSSR count). The minimum absolute atomic E-state index is 0.0792. The van der Waals surface area contributed by atoms with E-state index < -0.39 is 48.8 Å². The van der Waals surface area contributed by atoms with Gasteiger partial charge in [0.1, 0.15) is 0 Å². The van der Waals surface area contributed by atoms with Crippen LogP contribution in [0, 0.1) is 11.8 Å². The number of carbonyl (C=O) groups excluding carboxylic acids is 2. The average Bonchev–Trinajstić information content (AvgIpc) is 3.50. The summed E-state index contributed by atoms with van der Waals surface area (Å²) in [6.07, 6.45) is 0.400. The number of carbonyl (C=O) groups is 2. The summed E-state index contributed by atoms with van der Waals surface area (Å²) in [5, 5.41) is 18.3. The lowest BCUT2D eigenvalue weighted by Gasteiger charge is -2.33. The third-order valence-electron chi connectivity index (χ3n) is 7.80. The van der Waals surface area contributed by atoms with E-state index in [4.69, 9.17) is 0 Å². The molecular weight excluding hydrogens is 563 g/mol. The van der Waals surface area contributed by atoms with Gasteiger partial charge in [0.25, 0.3) is 5.91 Å². The lowest BCUT2D eigenvalue weighted by molar-refractivity contribution is -0.144. The molecule has 2 aliphatic carbocycles. The van der Waals surface area contributed by atoms with Gasteiger partial charge in [-0.25, -0.2) is 18.3 Å². The molecule has 0 aliphatic heterocycles. The van der Waals surface area contributed by atoms with Crippen molar-refractivity contribution in [1.29, 1.82) is 0 Å². The largest absolute Gasteiger partial charge is 0.389 e. The van der Waals surface area contributed by atoms with Gasteiger partial charge in [-0.15, -0.1) is 5.10 Å². The molecule has 0 radical (unpaired) electrons. The number of hydrogen-bond acceptors (Lipinski definition) is 6. The maximum Gasteiger partial charge on any atom is 0.389 e. The topological polar surface area (TPSA) is 119 Å². The van der Waals surface area contributed by atoms with E-state index in [9.17, 15) is 31.5 Å². The summed E-state index contributed by atoms with van der Waals surface area (Å²) in [5.74, 6) is -4.18. The van der Waals surface area contributed by atoms with Gasteiger partial charge in [-0.05, 0) is 55.6 Å². The van der Waals surface area contributed by atoms with Crippen LogP contribution >= 0.6 is 0 Å². The van der Waals surface area contributed by atoms with E-state index in [-0.39, 0.29) is 43.2 Å². The lowest BCUT2D eigenvalue weighted by atomic mass is 9.81. The van der Waals surface area contributed by atoms with Crippen LogP contribution < -0.4 is 10.6 Å². The van der Waals surface area contributed by atoms with Gasteiger partial charge in [-0.1, -0.05) is 6.92 Å². The van der Waals surface area contributed by atoms with Crippen LogP contribution in [0.5, 0.6) is 0 Å². The van der Waals surface area contributed by atoms with Crippen LogP contribution in [0.2, 0.25) is 0 Å². The average molecular weight is 597 g/mol. The summed E-state index contributed by atoms with van der Waals surface area (Å²) in [6, 6.07) is 0.495. The van der Waals surface area contributed by atoms with Crippen LogP contribution in [0.3, 0.4) is 0 Å². The van der Waals surface area contributed by atoms with Crippen molar-refractivity contribution in [3.8, 4) is 0 Å². The number of nitrogens with zero attached hydrogens (tertiary/aromatic N) is 6. The molecule has 2 atom stereocenters. The third kappa shape index (κ3) is 7.40. The first-order valence-electron chi connectivity index (χ1n) is 14.2. The lowest BCUT2D eigenvalue weighted by Crippen LogP contribution is -2.37. The maximum atomic E-state index is 14.0. The highest BCUT2D eigenvalue weighted by atomic mass is 19.4. The summed E-state index contributed by atoms with van der Waals surface area (Å²) < 4.78 is 67.2. The second-order valence-corrected chi connectivity index (χ2v) is 11.2. The van der Waals surface area contributed by atoms with Gasteiger partial charge in [0.2, 0.25) is 11.8 Å². The number of aryl methyl sites for hydroxylation is 1. The predicted molar refractivity (Wildman–Crippen MR) is 139 cm³/mol. The van der Waals surface area contributed by atoms with Crippen LogP contribution in [0.25, 0.3) is 5.65 Å². The monoisotopic (exact) mass is 596 g/mol. The zero-order valence-corrected chi connectivity index (χ0v) is 23.1. The summed E-state index contributed by atoms with van der Waals surface area (Å²) >= 11 is 0. The van der Waals surface area contributed by atoms with Gasteiger partial charge >= 0.3 is 6.18 Å². The number of hydrogen-bond donors (Lipinski definition) is 2. The van der Waals surface area contributed by atoms with Gasteiger partial charge < -0.3 is 10.6 Å². The minimum Gasteiger partial charge on any atom is -0.349 e. The Bertz CT molecular complexity index is 1410. The Labute approximate surface area is 238 Å². The standard InChI is InChI=1S/C27H33F5N8O2/c1-2-11-40-34-14-19(38-40)25(42)37-24(17-5-8-26(28,29)9-6-17)20-15-39-21(35-20)12-18(13-33-39)23(16-3-4-16)36-22(41)7-10-27(30,31)32/h12-17,23-24H,2-11H2,1H3,(H,36,41)(H,37,42)/t23?,24-/m0/s1. The second-order valence-electron chi connectivity index (χ2n) is 11.2. The maximum absolute atomic E-state index is 14.0. The quantitative estimate of drug-likeness (QED) is 0.303. The Morgan fingerprint density at radius 2 is 1.76 bits per heavy atom. The molecular formula is C27H33F5N8O2. The highest BCUT2D eigenvalue weighted by Gasteiger charge is 2.40. The number of fused-ring (bicyclic) bond motifs is 1. The van der Waals surface area contributed by atoms with Gasteiger partial charge in [-0.3, -0.25) is 9.59 Å². The van der Waals surface area contributed by atoms with Crippen molar-refractivity contribution in [2.24, 2.45) is 11.8 Å². The first-order chi connectivity index (χ1) is 19.9. The molecule has 3 heterocycles. The fraction of sp³-hybridized carbons (Fsp3) is 0.630. The van der Waals surface area contributed by atoms with Crippen molar-refractivity contribution in [3.63, 3.8) is 0 Å². The smallest absolute Gasteiger partial charge is 0.349 e. The molecule has 3 aromatic heterocycles. The second kappa shape index (κ2) is 11.9. The summed E-state index contributed by atoms with van der Waals surface area (Å²) in [7, 11) is 0. The molecule has 0 spiro atoms. The van der Waals surface area contributed by atoms with Gasteiger partial charge in [0, 0.05) is 19.3 Å². The number of alkyl halides is 5. The van der Waals surface area contributed by atoms with E-state index in [1.165, 1.54) is 21.7 Å². The van der Waals surface area contributed by atoms with Crippen molar-refractivity contribution in [1.82, 2.24) is 40.2 Å². The Morgan fingerprint density at radius 1 is 1.05 bits per heavy atom. The van der Waals surface area contributed by atoms with E-state index in [0.29, 0.717) is 23.4 Å². The van der Waals surface area contributed by atoms with Gasteiger partial charge in [0.05, 0.1) is 49.3 Å². The van der Waals surface area contributed by atoms with Crippen molar-refractivity contribution in [2.75, 3.05) is 0 Å².